The molecule has 1 fully saturated rings. The number of rotatable bonds is 5. The van der Waals surface area contributed by atoms with Gasteiger partial charge in [0, 0.05) is 17.1 Å². The van der Waals surface area contributed by atoms with Crippen molar-refractivity contribution in [3.8, 4) is 0 Å². The molecule has 1 aliphatic carbocycles. The minimum absolute atomic E-state index is 0.163. The molecule has 94 valence electrons. The Morgan fingerprint density at radius 3 is 2.59 bits per heavy atom. The molecule has 2 rings (SSSR count). The topological polar surface area (TPSA) is 35.2 Å². The van der Waals surface area contributed by atoms with E-state index in [9.17, 15) is 0 Å². The zero-order valence-corrected chi connectivity index (χ0v) is 11.8. The Morgan fingerprint density at radius 2 is 2.00 bits per heavy atom. The quantitative estimate of drug-likeness (QED) is 0.900. The third kappa shape index (κ3) is 3.54. The van der Waals surface area contributed by atoms with E-state index in [1.807, 2.05) is 0 Å². The third-order valence-corrected chi connectivity index (χ3v) is 4.01. The normalized spacial score (nSPS) is 25.4. The highest BCUT2D eigenvalue weighted by atomic mass is 79.9. The highest BCUT2D eigenvalue weighted by Crippen LogP contribution is 2.36. The first-order chi connectivity index (χ1) is 8.19. The van der Waals surface area contributed by atoms with Crippen molar-refractivity contribution in [2.45, 2.75) is 38.3 Å². The molecule has 17 heavy (non-hydrogen) atoms. The van der Waals surface area contributed by atoms with Gasteiger partial charge < -0.3 is 10.5 Å². The number of benzene rings is 1. The van der Waals surface area contributed by atoms with Gasteiger partial charge in [-0.25, -0.2) is 0 Å². The molecule has 1 atom stereocenters. The van der Waals surface area contributed by atoms with E-state index in [2.05, 4.69) is 47.1 Å². The molecule has 0 radical (unpaired) electrons. The maximum atomic E-state index is 6.22. The first kappa shape index (κ1) is 13.1. The zero-order chi connectivity index (χ0) is 12.3. The number of ether oxygens (including phenoxy) is 1. The van der Waals surface area contributed by atoms with Crippen LogP contribution >= 0.6 is 15.9 Å². The third-order valence-electron chi connectivity index (χ3n) is 3.48. The molecule has 0 aliphatic heterocycles. The van der Waals surface area contributed by atoms with Crippen LogP contribution in [-0.4, -0.2) is 12.7 Å². The Labute approximate surface area is 112 Å². The maximum Gasteiger partial charge on any atom is 0.0580 e. The SMILES string of the molecule is CCOC1CC(CC(N)c2ccc(Br)cc2)C1. The lowest BCUT2D eigenvalue weighted by atomic mass is 9.77. The van der Waals surface area contributed by atoms with Gasteiger partial charge in [-0.1, -0.05) is 28.1 Å². The molecular formula is C14H20BrNO. The van der Waals surface area contributed by atoms with Gasteiger partial charge in [0.1, 0.15) is 0 Å². The summed E-state index contributed by atoms with van der Waals surface area (Å²) in [6.45, 7) is 2.89. The van der Waals surface area contributed by atoms with Crippen LogP contribution in [0.25, 0.3) is 0 Å². The Hall–Kier alpha value is -0.380. The zero-order valence-electron chi connectivity index (χ0n) is 10.2. The standard InChI is InChI=1S/C14H20BrNO/c1-2-17-13-7-10(8-13)9-14(16)11-3-5-12(15)6-4-11/h3-6,10,13-14H,2,7-9,16H2,1H3. The second kappa shape index (κ2) is 5.98. The van der Waals surface area contributed by atoms with Crippen LogP contribution in [0.3, 0.4) is 0 Å². The van der Waals surface area contributed by atoms with Gasteiger partial charge in [0.05, 0.1) is 6.10 Å². The first-order valence-corrected chi connectivity index (χ1v) is 7.11. The molecule has 0 heterocycles. The minimum Gasteiger partial charge on any atom is -0.378 e. The summed E-state index contributed by atoms with van der Waals surface area (Å²) in [6.07, 6.45) is 3.92. The average Bonchev–Trinajstić information content (AvgIpc) is 2.27. The largest absolute Gasteiger partial charge is 0.378 e. The molecule has 0 bridgehead atoms. The van der Waals surface area contributed by atoms with Crippen LogP contribution < -0.4 is 5.73 Å². The molecule has 2 N–H and O–H groups in total. The molecule has 2 nitrogen and oxygen atoms in total. The van der Waals surface area contributed by atoms with E-state index < -0.39 is 0 Å². The van der Waals surface area contributed by atoms with Crippen LogP contribution in [0.15, 0.2) is 28.7 Å². The van der Waals surface area contributed by atoms with Crippen LogP contribution in [0.5, 0.6) is 0 Å². The summed E-state index contributed by atoms with van der Waals surface area (Å²) < 4.78 is 6.67. The summed E-state index contributed by atoms with van der Waals surface area (Å²) in [4.78, 5) is 0. The highest BCUT2D eigenvalue weighted by Gasteiger charge is 2.30. The van der Waals surface area contributed by atoms with Crippen LogP contribution in [0, 0.1) is 5.92 Å². The summed E-state index contributed by atoms with van der Waals surface area (Å²) in [5.74, 6) is 0.741. The molecule has 0 spiro atoms. The minimum atomic E-state index is 0.163. The number of halogens is 1. The molecule has 1 saturated carbocycles. The van der Waals surface area contributed by atoms with Gasteiger partial charge in [-0.3, -0.25) is 0 Å². The van der Waals surface area contributed by atoms with Crippen molar-refractivity contribution in [3.05, 3.63) is 34.3 Å². The highest BCUT2D eigenvalue weighted by molar-refractivity contribution is 9.10. The van der Waals surface area contributed by atoms with Gasteiger partial charge >= 0.3 is 0 Å². The van der Waals surface area contributed by atoms with Crippen molar-refractivity contribution in [2.75, 3.05) is 6.61 Å². The van der Waals surface area contributed by atoms with Crippen LogP contribution in [0.2, 0.25) is 0 Å². The average molecular weight is 298 g/mol. The molecule has 1 unspecified atom stereocenters. The van der Waals surface area contributed by atoms with E-state index in [-0.39, 0.29) is 6.04 Å². The van der Waals surface area contributed by atoms with Gasteiger partial charge in [0.2, 0.25) is 0 Å². The molecule has 0 saturated heterocycles. The fraction of sp³-hybridized carbons (Fsp3) is 0.571. The predicted octanol–water partition coefficient (Wildman–Crippen LogP) is 3.65. The lowest BCUT2D eigenvalue weighted by Gasteiger charge is -2.36. The lowest BCUT2D eigenvalue weighted by Crippen LogP contribution is -2.33. The van der Waals surface area contributed by atoms with E-state index >= 15 is 0 Å². The van der Waals surface area contributed by atoms with Gasteiger partial charge in [-0.15, -0.1) is 0 Å². The fourth-order valence-corrected chi connectivity index (χ4v) is 2.71. The smallest absolute Gasteiger partial charge is 0.0580 e. The summed E-state index contributed by atoms with van der Waals surface area (Å²) in [5.41, 5.74) is 7.45. The van der Waals surface area contributed by atoms with E-state index in [0.29, 0.717) is 6.10 Å². The molecule has 0 amide bonds. The number of hydrogen-bond acceptors (Lipinski definition) is 2. The summed E-state index contributed by atoms with van der Waals surface area (Å²) in [7, 11) is 0. The Morgan fingerprint density at radius 1 is 1.35 bits per heavy atom. The first-order valence-electron chi connectivity index (χ1n) is 6.31. The summed E-state index contributed by atoms with van der Waals surface area (Å²) in [5, 5.41) is 0. The van der Waals surface area contributed by atoms with Gasteiger partial charge in [0.25, 0.3) is 0 Å². The second-order valence-electron chi connectivity index (χ2n) is 4.81. The van der Waals surface area contributed by atoms with Crippen LogP contribution in [0.1, 0.15) is 37.8 Å². The number of nitrogens with two attached hydrogens (primary N) is 1. The maximum absolute atomic E-state index is 6.22. The van der Waals surface area contributed by atoms with Gasteiger partial charge in [-0.05, 0) is 49.8 Å². The van der Waals surface area contributed by atoms with E-state index in [1.165, 1.54) is 18.4 Å². The Kier molecular flexibility index (Phi) is 4.60. The van der Waals surface area contributed by atoms with E-state index in [0.717, 1.165) is 23.4 Å². The van der Waals surface area contributed by atoms with Crippen molar-refractivity contribution in [1.29, 1.82) is 0 Å². The van der Waals surface area contributed by atoms with Crippen molar-refractivity contribution in [2.24, 2.45) is 11.7 Å². The van der Waals surface area contributed by atoms with Crippen molar-refractivity contribution >= 4 is 15.9 Å². The Balaban J connectivity index is 1.78. The van der Waals surface area contributed by atoms with Crippen LogP contribution in [-0.2, 0) is 4.74 Å². The van der Waals surface area contributed by atoms with E-state index in [4.69, 9.17) is 10.5 Å². The van der Waals surface area contributed by atoms with Crippen molar-refractivity contribution in [1.82, 2.24) is 0 Å². The predicted molar refractivity (Wildman–Crippen MR) is 73.8 cm³/mol. The molecule has 0 aromatic heterocycles. The molecule has 1 aromatic carbocycles. The molecular weight excluding hydrogens is 278 g/mol. The lowest BCUT2D eigenvalue weighted by molar-refractivity contribution is -0.0282. The van der Waals surface area contributed by atoms with Gasteiger partial charge in [0.15, 0.2) is 0 Å². The molecule has 1 aromatic rings. The fourth-order valence-electron chi connectivity index (χ4n) is 2.44. The monoisotopic (exact) mass is 297 g/mol. The molecule has 3 heteroatoms. The molecule has 1 aliphatic rings. The van der Waals surface area contributed by atoms with Gasteiger partial charge in [-0.2, -0.15) is 0 Å². The van der Waals surface area contributed by atoms with E-state index in [1.54, 1.807) is 0 Å². The summed E-state index contributed by atoms with van der Waals surface area (Å²) >= 11 is 3.44. The van der Waals surface area contributed by atoms with Crippen molar-refractivity contribution in [3.63, 3.8) is 0 Å². The van der Waals surface area contributed by atoms with Crippen molar-refractivity contribution < 1.29 is 4.74 Å². The number of hydrogen-bond donors (Lipinski definition) is 1. The van der Waals surface area contributed by atoms with Crippen LogP contribution in [0.4, 0.5) is 0 Å². The second-order valence-corrected chi connectivity index (χ2v) is 5.72. The Bertz CT molecular complexity index is 346. The summed E-state index contributed by atoms with van der Waals surface area (Å²) in [6, 6.07) is 8.48.